The van der Waals surface area contributed by atoms with Gasteiger partial charge < -0.3 is 20.1 Å². The molecule has 1 fully saturated rings. The lowest BCUT2D eigenvalue weighted by Crippen LogP contribution is -2.40. The van der Waals surface area contributed by atoms with Gasteiger partial charge in [0.15, 0.2) is 12.1 Å². The zero-order valence-electron chi connectivity index (χ0n) is 13.2. The highest BCUT2D eigenvalue weighted by molar-refractivity contribution is 5.99. The lowest BCUT2D eigenvalue weighted by molar-refractivity contribution is -0.119. The average Bonchev–Trinajstić information content (AvgIpc) is 3.00. The van der Waals surface area contributed by atoms with Crippen molar-refractivity contribution in [2.75, 3.05) is 11.9 Å². The van der Waals surface area contributed by atoms with Crippen LogP contribution in [0.3, 0.4) is 0 Å². The van der Waals surface area contributed by atoms with E-state index in [1.807, 2.05) is 43.3 Å². The Kier molecular flexibility index (Phi) is 4.65. The Morgan fingerprint density at radius 2 is 1.88 bits per heavy atom. The molecule has 124 valence electrons. The number of amides is 2. The maximum atomic E-state index is 12.6. The molecule has 2 N–H and O–H groups in total. The standard InChI is InChI=1S/C18H18N2O4/c1-2-23-14-11-7-6-10-13(14)19-17(21)15-16(24-18(22)20-15)12-8-4-3-5-9-12/h3-11,15-16H,2H2,1H3,(H,19,21)(H,20,22). The summed E-state index contributed by atoms with van der Waals surface area (Å²) in [6, 6.07) is 15.5. The number of cyclic esters (lactones) is 1. The molecule has 0 aromatic heterocycles. The number of rotatable bonds is 5. The molecule has 0 saturated carbocycles. The Morgan fingerprint density at radius 1 is 1.17 bits per heavy atom. The number of hydrogen-bond donors (Lipinski definition) is 2. The van der Waals surface area contributed by atoms with E-state index in [1.165, 1.54) is 0 Å². The molecule has 0 bridgehead atoms. The smallest absolute Gasteiger partial charge is 0.408 e. The number of ether oxygens (including phenoxy) is 2. The predicted octanol–water partition coefficient (Wildman–Crippen LogP) is 2.87. The largest absolute Gasteiger partial charge is 0.492 e. The summed E-state index contributed by atoms with van der Waals surface area (Å²) in [6.45, 7) is 2.36. The molecule has 6 nitrogen and oxygen atoms in total. The van der Waals surface area contributed by atoms with Crippen LogP contribution in [0.2, 0.25) is 0 Å². The Morgan fingerprint density at radius 3 is 2.62 bits per heavy atom. The lowest BCUT2D eigenvalue weighted by atomic mass is 10.0. The molecule has 0 spiro atoms. The molecule has 1 heterocycles. The first kappa shape index (κ1) is 15.9. The fourth-order valence-corrected chi connectivity index (χ4v) is 2.59. The fourth-order valence-electron chi connectivity index (χ4n) is 2.59. The summed E-state index contributed by atoms with van der Waals surface area (Å²) in [5.41, 5.74) is 1.31. The summed E-state index contributed by atoms with van der Waals surface area (Å²) in [7, 11) is 0. The number of para-hydroxylation sites is 2. The van der Waals surface area contributed by atoms with Gasteiger partial charge in [0.05, 0.1) is 12.3 Å². The van der Waals surface area contributed by atoms with E-state index in [2.05, 4.69) is 10.6 Å². The van der Waals surface area contributed by atoms with Crippen LogP contribution in [0.15, 0.2) is 54.6 Å². The van der Waals surface area contributed by atoms with Gasteiger partial charge in [0.2, 0.25) is 0 Å². The van der Waals surface area contributed by atoms with Crippen LogP contribution in [-0.2, 0) is 9.53 Å². The van der Waals surface area contributed by atoms with Crippen molar-refractivity contribution in [1.82, 2.24) is 5.32 Å². The summed E-state index contributed by atoms with van der Waals surface area (Å²) in [6.07, 6.45) is -1.28. The summed E-state index contributed by atoms with van der Waals surface area (Å²) >= 11 is 0. The van der Waals surface area contributed by atoms with Crippen molar-refractivity contribution >= 4 is 17.7 Å². The van der Waals surface area contributed by atoms with E-state index >= 15 is 0 Å². The second-order valence-electron chi connectivity index (χ2n) is 5.28. The Bertz CT molecular complexity index is 733. The molecule has 2 aromatic rings. The minimum atomic E-state index is -0.811. The van der Waals surface area contributed by atoms with Gasteiger partial charge in [-0.25, -0.2) is 4.79 Å². The van der Waals surface area contributed by atoms with Crippen molar-refractivity contribution < 1.29 is 19.1 Å². The van der Waals surface area contributed by atoms with Gasteiger partial charge in [0.25, 0.3) is 5.91 Å². The minimum absolute atomic E-state index is 0.359. The van der Waals surface area contributed by atoms with Gasteiger partial charge in [-0.05, 0) is 24.6 Å². The highest BCUT2D eigenvalue weighted by Gasteiger charge is 2.40. The topological polar surface area (TPSA) is 76.7 Å². The van der Waals surface area contributed by atoms with Crippen molar-refractivity contribution in [3.05, 3.63) is 60.2 Å². The average molecular weight is 326 g/mol. The van der Waals surface area contributed by atoms with Crippen LogP contribution in [0.1, 0.15) is 18.6 Å². The molecule has 24 heavy (non-hydrogen) atoms. The maximum absolute atomic E-state index is 12.6. The van der Waals surface area contributed by atoms with E-state index in [0.29, 0.717) is 18.0 Å². The molecular formula is C18H18N2O4. The van der Waals surface area contributed by atoms with Crippen molar-refractivity contribution in [2.45, 2.75) is 19.1 Å². The van der Waals surface area contributed by atoms with Crippen LogP contribution in [0.5, 0.6) is 5.75 Å². The molecule has 3 rings (SSSR count). The number of alkyl carbamates (subject to hydrolysis) is 1. The second kappa shape index (κ2) is 7.04. The maximum Gasteiger partial charge on any atom is 0.408 e. The van der Waals surface area contributed by atoms with Crippen LogP contribution in [-0.4, -0.2) is 24.6 Å². The molecule has 0 radical (unpaired) electrons. The molecule has 2 unspecified atom stereocenters. The van der Waals surface area contributed by atoms with Gasteiger partial charge in [0, 0.05) is 0 Å². The zero-order chi connectivity index (χ0) is 16.9. The number of nitrogens with one attached hydrogen (secondary N) is 2. The van der Waals surface area contributed by atoms with E-state index in [9.17, 15) is 9.59 Å². The summed E-state index contributed by atoms with van der Waals surface area (Å²) < 4.78 is 10.8. The van der Waals surface area contributed by atoms with Gasteiger partial charge in [-0.1, -0.05) is 42.5 Å². The molecule has 1 saturated heterocycles. The van der Waals surface area contributed by atoms with Crippen LogP contribution >= 0.6 is 0 Å². The minimum Gasteiger partial charge on any atom is -0.492 e. The van der Waals surface area contributed by atoms with Gasteiger partial charge in [-0.3, -0.25) is 4.79 Å². The quantitative estimate of drug-likeness (QED) is 0.886. The summed E-state index contributed by atoms with van der Waals surface area (Å²) in [4.78, 5) is 24.3. The number of hydrogen-bond acceptors (Lipinski definition) is 4. The third kappa shape index (κ3) is 3.32. The first-order chi connectivity index (χ1) is 11.7. The van der Waals surface area contributed by atoms with Crippen LogP contribution in [0.25, 0.3) is 0 Å². The van der Waals surface area contributed by atoms with E-state index in [0.717, 1.165) is 5.56 Å². The molecular weight excluding hydrogens is 308 g/mol. The van der Waals surface area contributed by atoms with E-state index in [-0.39, 0.29) is 5.91 Å². The van der Waals surface area contributed by atoms with Gasteiger partial charge >= 0.3 is 6.09 Å². The third-order valence-electron chi connectivity index (χ3n) is 3.67. The number of carbonyl (C=O) groups excluding carboxylic acids is 2. The fraction of sp³-hybridized carbons (Fsp3) is 0.222. The Hall–Kier alpha value is -3.02. The van der Waals surface area contributed by atoms with Gasteiger partial charge in [-0.2, -0.15) is 0 Å². The van der Waals surface area contributed by atoms with Crippen LogP contribution in [0.4, 0.5) is 10.5 Å². The normalized spacial score (nSPS) is 19.3. The predicted molar refractivity (Wildman–Crippen MR) is 88.8 cm³/mol. The molecule has 2 atom stereocenters. The third-order valence-corrected chi connectivity index (χ3v) is 3.67. The lowest BCUT2D eigenvalue weighted by Gasteiger charge is -2.18. The molecule has 1 aliphatic heterocycles. The molecule has 2 amide bonds. The highest BCUT2D eigenvalue weighted by atomic mass is 16.6. The number of carbonyl (C=O) groups is 2. The van der Waals surface area contributed by atoms with Gasteiger partial charge in [-0.15, -0.1) is 0 Å². The molecule has 0 aliphatic carbocycles. The number of benzene rings is 2. The second-order valence-corrected chi connectivity index (χ2v) is 5.28. The first-order valence-electron chi connectivity index (χ1n) is 7.74. The summed E-state index contributed by atoms with van der Waals surface area (Å²) in [5, 5.41) is 5.36. The highest BCUT2D eigenvalue weighted by Crippen LogP contribution is 2.29. The zero-order valence-corrected chi connectivity index (χ0v) is 13.2. The van der Waals surface area contributed by atoms with Crippen molar-refractivity contribution in [3.63, 3.8) is 0 Å². The van der Waals surface area contributed by atoms with E-state index < -0.39 is 18.2 Å². The molecule has 2 aromatic carbocycles. The van der Waals surface area contributed by atoms with Crippen LogP contribution in [0, 0.1) is 0 Å². The van der Waals surface area contributed by atoms with E-state index in [4.69, 9.17) is 9.47 Å². The Balaban J connectivity index is 1.80. The SMILES string of the molecule is CCOc1ccccc1NC(=O)C1NC(=O)OC1c1ccccc1. The number of anilines is 1. The van der Waals surface area contributed by atoms with E-state index in [1.54, 1.807) is 18.2 Å². The Labute approximate surface area is 139 Å². The monoisotopic (exact) mass is 326 g/mol. The van der Waals surface area contributed by atoms with Crippen molar-refractivity contribution in [3.8, 4) is 5.75 Å². The van der Waals surface area contributed by atoms with Crippen LogP contribution < -0.4 is 15.4 Å². The van der Waals surface area contributed by atoms with Gasteiger partial charge in [0.1, 0.15) is 5.75 Å². The summed E-state index contributed by atoms with van der Waals surface area (Å²) in [5.74, 6) is 0.219. The first-order valence-corrected chi connectivity index (χ1v) is 7.74. The molecule has 1 aliphatic rings. The van der Waals surface area contributed by atoms with Crippen molar-refractivity contribution in [1.29, 1.82) is 0 Å². The molecule has 6 heteroatoms. The van der Waals surface area contributed by atoms with Crippen molar-refractivity contribution in [2.24, 2.45) is 0 Å².